The van der Waals surface area contributed by atoms with E-state index in [-0.39, 0.29) is 34.7 Å². The molecule has 0 spiro atoms. The molecule has 4 aliphatic rings. The van der Waals surface area contributed by atoms with Gasteiger partial charge in [-0.3, -0.25) is 4.55 Å². The third-order valence-corrected chi connectivity index (χ3v) is 13.7. The first-order valence-corrected chi connectivity index (χ1v) is 19.2. The number of aliphatic hydroxyl groups is 2. The van der Waals surface area contributed by atoms with E-state index in [9.17, 15) is 23.2 Å². The van der Waals surface area contributed by atoms with Gasteiger partial charge >= 0.3 is 10.4 Å². The van der Waals surface area contributed by atoms with Crippen LogP contribution in [0.4, 0.5) is 0 Å². The van der Waals surface area contributed by atoms with Crippen LogP contribution in [0.3, 0.4) is 0 Å². The maximum atomic E-state index is 11.9. The van der Waals surface area contributed by atoms with Crippen molar-refractivity contribution >= 4 is 10.4 Å². The Balaban J connectivity index is 1.35. The third kappa shape index (κ3) is 8.03. The molecule has 0 aliphatic heterocycles. The Morgan fingerprint density at radius 3 is 2.34 bits per heavy atom. The highest BCUT2D eigenvalue weighted by Gasteiger charge is 2.65. The molecule has 258 valence electrons. The van der Waals surface area contributed by atoms with Crippen molar-refractivity contribution in [3.8, 4) is 0 Å². The molecule has 12 atom stereocenters. The highest BCUT2D eigenvalue weighted by molar-refractivity contribution is 7.80. The molecule has 0 saturated heterocycles. The molecule has 0 radical (unpaired) electrons. The molecule has 0 aromatic carbocycles. The van der Waals surface area contributed by atoms with Crippen LogP contribution in [-0.4, -0.2) is 73.7 Å². The van der Waals surface area contributed by atoms with E-state index < -0.39 is 22.6 Å². The second kappa shape index (κ2) is 15.3. The average Bonchev–Trinajstić information content (AvgIpc) is 3.31. The summed E-state index contributed by atoms with van der Waals surface area (Å²) >= 11 is 0. The molecule has 0 aromatic rings. The van der Waals surface area contributed by atoms with Gasteiger partial charge in [0.15, 0.2) is 0 Å². The minimum absolute atomic E-state index is 0.0398. The number of rotatable bonds is 16. The summed E-state index contributed by atoms with van der Waals surface area (Å²) in [5.74, 6) is 1.86. The first-order valence-electron chi connectivity index (χ1n) is 17.9. The van der Waals surface area contributed by atoms with Crippen LogP contribution in [-0.2, 0) is 14.6 Å². The fourth-order valence-corrected chi connectivity index (χ4v) is 11.3. The average molecular weight is 644 g/mol. The van der Waals surface area contributed by atoms with Crippen molar-refractivity contribution in [2.75, 3.05) is 26.2 Å². The lowest BCUT2D eigenvalue weighted by atomic mass is 9.43. The topological polar surface area (TPSA) is 154 Å². The highest BCUT2D eigenvalue weighted by Crippen LogP contribution is 2.68. The zero-order valence-electron chi connectivity index (χ0n) is 28.2. The fourth-order valence-electron chi connectivity index (χ4n) is 10.7. The first-order chi connectivity index (χ1) is 20.7. The Labute approximate surface area is 268 Å². The van der Waals surface area contributed by atoms with Crippen molar-refractivity contribution in [2.24, 2.45) is 58.0 Å². The Morgan fingerprint density at radius 2 is 1.66 bits per heavy atom. The van der Waals surface area contributed by atoms with Gasteiger partial charge in [0, 0.05) is 6.04 Å². The van der Waals surface area contributed by atoms with Gasteiger partial charge in [0.25, 0.3) is 0 Å². The number of hydrogen-bond donors (Lipinski definition) is 6. The third-order valence-electron chi connectivity index (χ3n) is 13.2. The van der Waals surface area contributed by atoms with Gasteiger partial charge in [-0.05, 0) is 155 Å². The predicted molar refractivity (Wildman–Crippen MR) is 175 cm³/mol. The van der Waals surface area contributed by atoms with Gasteiger partial charge in [0.1, 0.15) is 0 Å². The van der Waals surface area contributed by atoms with Crippen LogP contribution < -0.4 is 16.4 Å². The Morgan fingerprint density at radius 1 is 0.932 bits per heavy atom. The second-order valence-electron chi connectivity index (χ2n) is 16.0. The monoisotopic (exact) mass is 643 g/mol. The Kier molecular flexibility index (Phi) is 12.7. The van der Waals surface area contributed by atoms with E-state index in [4.69, 9.17) is 9.92 Å². The van der Waals surface area contributed by atoms with Crippen molar-refractivity contribution in [2.45, 2.75) is 136 Å². The molecule has 4 saturated carbocycles. The van der Waals surface area contributed by atoms with Crippen molar-refractivity contribution in [1.82, 2.24) is 10.6 Å². The van der Waals surface area contributed by atoms with Crippen LogP contribution in [0.5, 0.6) is 0 Å². The van der Waals surface area contributed by atoms with E-state index >= 15 is 0 Å². The van der Waals surface area contributed by atoms with E-state index in [1.54, 1.807) is 0 Å². The summed E-state index contributed by atoms with van der Waals surface area (Å²) in [5, 5.41) is 31.1. The number of nitrogens with one attached hydrogen (secondary N) is 2. The summed E-state index contributed by atoms with van der Waals surface area (Å²) in [6.45, 7) is 14.6. The fraction of sp³-hybridized carbons (Fsp3) is 1.00. The minimum Gasteiger partial charge on any atom is -0.393 e. The lowest BCUT2D eigenvalue weighted by Crippen LogP contribution is -2.62. The summed E-state index contributed by atoms with van der Waals surface area (Å²) in [4.78, 5) is 0. The highest BCUT2D eigenvalue weighted by atomic mass is 32.3. The van der Waals surface area contributed by atoms with Crippen molar-refractivity contribution in [3.05, 3.63) is 0 Å². The number of unbranched alkanes of at least 4 members (excludes halogenated alkanes) is 1. The molecule has 0 heterocycles. The van der Waals surface area contributed by atoms with Crippen LogP contribution >= 0.6 is 0 Å². The molecule has 0 aromatic heterocycles. The summed E-state index contributed by atoms with van der Waals surface area (Å²) in [6.07, 6.45) is 10.5. The quantitative estimate of drug-likeness (QED) is 0.105. The molecular formula is C34H65N3O6S. The van der Waals surface area contributed by atoms with Gasteiger partial charge in [-0.15, -0.1) is 0 Å². The molecule has 4 rings (SSSR count). The summed E-state index contributed by atoms with van der Waals surface area (Å²) in [5.41, 5.74) is 5.46. The van der Waals surface area contributed by atoms with Gasteiger partial charge in [-0.2, -0.15) is 8.42 Å². The molecule has 0 bridgehead atoms. The molecule has 4 fully saturated rings. The number of fused-ring (bicyclic) bond motifs is 5. The van der Waals surface area contributed by atoms with Crippen LogP contribution in [0.2, 0.25) is 0 Å². The van der Waals surface area contributed by atoms with Crippen LogP contribution in [0.1, 0.15) is 112 Å². The van der Waals surface area contributed by atoms with Crippen molar-refractivity contribution in [1.29, 1.82) is 0 Å². The maximum absolute atomic E-state index is 11.9. The van der Waals surface area contributed by atoms with E-state index in [0.29, 0.717) is 36.1 Å². The SMILES string of the molecule is CC(C)C(CC[C@@H](C)C1CCC2C3C(CC(O)[C@@]21C)[C@@]1(C)CC[C@H](NCCCNCCCCN)C[C@@H]1C[C@H]3O)OS(=O)(=O)O. The normalized spacial score (nSPS) is 40.3. The minimum atomic E-state index is -4.50. The zero-order valence-corrected chi connectivity index (χ0v) is 29.0. The number of aliphatic hydroxyl groups excluding tert-OH is 2. The summed E-state index contributed by atoms with van der Waals surface area (Å²) in [6, 6.07) is 0.504. The summed E-state index contributed by atoms with van der Waals surface area (Å²) < 4.78 is 37.1. The van der Waals surface area contributed by atoms with Gasteiger partial charge in [-0.25, -0.2) is 4.18 Å². The van der Waals surface area contributed by atoms with E-state index in [1.165, 1.54) is 0 Å². The zero-order chi connectivity index (χ0) is 32.3. The molecule has 9 nitrogen and oxygen atoms in total. The largest absolute Gasteiger partial charge is 0.397 e. The van der Waals surface area contributed by atoms with E-state index in [2.05, 4.69) is 31.4 Å². The van der Waals surface area contributed by atoms with Crippen LogP contribution in [0.25, 0.3) is 0 Å². The Hall–Kier alpha value is -0.330. The molecule has 4 aliphatic carbocycles. The molecular weight excluding hydrogens is 578 g/mol. The first kappa shape index (κ1) is 36.5. The lowest BCUT2D eigenvalue weighted by Gasteiger charge is -2.64. The molecule has 6 unspecified atom stereocenters. The number of nitrogens with two attached hydrogens (primary N) is 1. The van der Waals surface area contributed by atoms with E-state index in [1.807, 2.05) is 13.8 Å². The van der Waals surface area contributed by atoms with Gasteiger partial charge in [-0.1, -0.05) is 34.6 Å². The molecule has 44 heavy (non-hydrogen) atoms. The maximum Gasteiger partial charge on any atom is 0.397 e. The van der Waals surface area contributed by atoms with Crippen LogP contribution in [0.15, 0.2) is 0 Å². The van der Waals surface area contributed by atoms with Crippen molar-refractivity contribution in [3.63, 3.8) is 0 Å². The molecule has 10 heteroatoms. The van der Waals surface area contributed by atoms with Crippen LogP contribution in [0, 0.1) is 52.3 Å². The second-order valence-corrected chi connectivity index (χ2v) is 17.0. The van der Waals surface area contributed by atoms with E-state index in [0.717, 1.165) is 96.8 Å². The van der Waals surface area contributed by atoms with Gasteiger partial charge < -0.3 is 26.6 Å². The lowest BCUT2D eigenvalue weighted by molar-refractivity contribution is -0.202. The van der Waals surface area contributed by atoms with Gasteiger partial charge in [0.2, 0.25) is 0 Å². The summed E-state index contributed by atoms with van der Waals surface area (Å²) in [7, 11) is -4.50. The van der Waals surface area contributed by atoms with Gasteiger partial charge in [0.05, 0.1) is 18.3 Å². The standard InChI is InChI=1S/C34H65N3O6S/c1-22(2)30(43-44(40,41)42)12-9-23(3)26-10-11-27-32-28(21-31(39)34(26,27)5)33(4)14-13-25(19-24(33)20-29(32)38)37-18-8-17-36-16-7-6-15-35/h22-32,36-39H,6-21,35H2,1-5H3,(H,40,41,42)/t23-,24-,25+,26?,27?,28?,29-,30?,31?,32?,33+,34-/m1/s1. The number of hydrogen-bond acceptors (Lipinski definition) is 8. The van der Waals surface area contributed by atoms with Crippen molar-refractivity contribution < 1.29 is 27.4 Å². The smallest absolute Gasteiger partial charge is 0.393 e. The Bertz CT molecular complexity index is 1010. The predicted octanol–water partition coefficient (Wildman–Crippen LogP) is 4.52. The molecule has 0 amide bonds. The molecule has 7 N–H and O–H groups in total.